The third kappa shape index (κ3) is 4.17. The summed E-state index contributed by atoms with van der Waals surface area (Å²) in [5.41, 5.74) is 8.80. The topological polar surface area (TPSA) is 85.8 Å². The molecule has 4 rings (SSSR count). The first-order valence-electron chi connectivity index (χ1n) is 9.63. The van der Waals surface area contributed by atoms with E-state index < -0.39 is 0 Å². The second-order valence-corrected chi connectivity index (χ2v) is 7.82. The zero-order valence-corrected chi connectivity index (χ0v) is 16.5. The number of hydrogen-bond donors (Lipinski definition) is 2. The second kappa shape index (κ2) is 8.40. The Bertz CT molecular complexity index is 764. The van der Waals surface area contributed by atoms with Gasteiger partial charge in [-0.1, -0.05) is 29.8 Å². The standard InChI is InChI=1S/C20H27N5O.ClH/c1-13-18(23-24-25(13)17-8-3-2-4-9-17)12-19(26)22-20-14-6-5-7-15(20)11-16(21)10-14;/h2-4,8-9,14-16,20H,5-7,10-12,21H2,1H3,(H,22,26);1H. The average molecular weight is 390 g/mol. The van der Waals surface area contributed by atoms with Crippen molar-refractivity contribution in [2.45, 2.75) is 57.5 Å². The molecule has 7 heteroatoms. The quantitative estimate of drug-likeness (QED) is 0.841. The maximum absolute atomic E-state index is 12.7. The van der Waals surface area contributed by atoms with Crippen molar-refractivity contribution in [3.05, 3.63) is 41.7 Å². The van der Waals surface area contributed by atoms with E-state index in [-0.39, 0.29) is 30.8 Å². The Morgan fingerprint density at radius 1 is 1.22 bits per heavy atom. The number of benzene rings is 1. The second-order valence-electron chi connectivity index (χ2n) is 7.82. The molecule has 146 valence electrons. The van der Waals surface area contributed by atoms with Gasteiger partial charge in [0.1, 0.15) is 0 Å². The fraction of sp³-hybridized carbons (Fsp3) is 0.550. The van der Waals surface area contributed by atoms with Gasteiger partial charge in [0.2, 0.25) is 5.91 Å². The molecule has 2 fully saturated rings. The minimum Gasteiger partial charge on any atom is -0.352 e. The molecule has 0 spiro atoms. The van der Waals surface area contributed by atoms with Crippen molar-refractivity contribution < 1.29 is 4.79 Å². The molecule has 27 heavy (non-hydrogen) atoms. The molecule has 2 atom stereocenters. The number of fused-ring (bicyclic) bond motifs is 2. The number of nitrogens with two attached hydrogens (primary N) is 1. The van der Waals surface area contributed by atoms with Gasteiger partial charge >= 0.3 is 0 Å². The summed E-state index contributed by atoms with van der Waals surface area (Å²) < 4.78 is 1.79. The van der Waals surface area contributed by atoms with Crippen LogP contribution < -0.4 is 11.1 Å². The number of aromatic nitrogens is 3. The Kier molecular flexibility index (Phi) is 6.17. The third-order valence-corrected chi connectivity index (χ3v) is 6.02. The van der Waals surface area contributed by atoms with Crippen molar-refractivity contribution in [1.82, 2.24) is 20.3 Å². The maximum Gasteiger partial charge on any atom is 0.226 e. The molecule has 1 aromatic carbocycles. The van der Waals surface area contributed by atoms with Crippen LogP contribution in [0.25, 0.3) is 5.69 Å². The van der Waals surface area contributed by atoms with Crippen LogP contribution in [-0.4, -0.2) is 33.0 Å². The maximum atomic E-state index is 12.7. The fourth-order valence-electron chi connectivity index (χ4n) is 4.75. The molecule has 2 bridgehead atoms. The normalized spacial score (nSPS) is 26.9. The number of carbonyl (C=O) groups is 1. The lowest BCUT2D eigenvalue weighted by Gasteiger charge is -2.45. The van der Waals surface area contributed by atoms with Crippen molar-refractivity contribution in [2.24, 2.45) is 17.6 Å². The van der Waals surface area contributed by atoms with E-state index >= 15 is 0 Å². The Labute approximate surface area is 166 Å². The summed E-state index contributed by atoms with van der Waals surface area (Å²) in [4.78, 5) is 12.7. The average Bonchev–Trinajstić information content (AvgIpc) is 2.97. The lowest BCUT2D eigenvalue weighted by atomic mass is 9.67. The number of amides is 1. The van der Waals surface area contributed by atoms with E-state index in [9.17, 15) is 4.79 Å². The number of nitrogens with zero attached hydrogens (tertiary/aromatic N) is 3. The highest BCUT2D eigenvalue weighted by molar-refractivity contribution is 5.85. The highest BCUT2D eigenvalue weighted by Crippen LogP contribution is 2.39. The van der Waals surface area contributed by atoms with E-state index in [4.69, 9.17) is 5.73 Å². The largest absolute Gasteiger partial charge is 0.352 e. The van der Waals surface area contributed by atoms with Gasteiger partial charge in [0.25, 0.3) is 0 Å². The number of hydrogen-bond acceptors (Lipinski definition) is 4. The summed E-state index contributed by atoms with van der Waals surface area (Å²) in [6.07, 6.45) is 5.96. The third-order valence-electron chi connectivity index (χ3n) is 6.02. The van der Waals surface area contributed by atoms with Crippen LogP contribution in [0.5, 0.6) is 0 Å². The molecule has 0 aliphatic heterocycles. The number of para-hydroxylation sites is 1. The lowest BCUT2D eigenvalue weighted by Crippen LogP contribution is -2.54. The SMILES string of the molecule is Cc1c(CC(=O)NC2C3CCCC2CC(N)C3)nnn1-c1ccccc1.Cl. The van der Waals surface area contributed by atoms with Crippen molar-refractivity contribution in [3.63, 3.8) is 0 Å². The Morgan fingerprint density at radius 3 is 2.56 bits per heavy atom. The minimum atomic E-state index is 0. The first-order valence-corrected chi connectivity index (χ1v) is 9.63. The first-order chi connectivity index (χ1) is 12.6. The molecular weight excluding hydrogens is 362 g/mol. The molecule has 6 nitrogen and oxygen atoms in total. The van der Waals surface area contributed by atoms with Crippen LogP contribution in [0, 0.1) is 18.8 Å². The molecule has 0 saturated heterocycles. The molecule has 1 amide bonds. The van der Waals surface area contributed by atoms with Crippen LogP contribution in [0.4, 0.5) is 0 Å². The monoisotopic (exact) mass is 389 g/mol. The first kappa shape index (κ1) is 19.8. The van der Waals surface area contributed by atoms with Crippen molar-refractivity contribution in [3.8, 4) is 5.69 Å². The molecule has 3 N–H and O–H groups in total. The van der Waals surface area contributed by atoms with Gasteiger partial charge in [-0.3, -0.25) is 4.79 Å². The molecular formula is C20H28ClN5O. The number of rotatable bonds is 4. The molecule has 2 saturated carbocycles. The molecule has 2 unspecified atom stereocenters. The van der Waals surface area contributed by atoms with E-state index in [0.717, 1.165) is 29.9 Å². The van der Waals surface area contributed by atoms with Crippen molar-refractivity contribution in [1.29, 1.82) is 0 Å². The van der Waals surface area contributed by atoms with E-state index in [1.54, 1.807) is 4.68 Å². The predicted octanol–water partition coefficient (Wildman–Crippen LogP) is 2.56. The smallest absolute Gasteiger partial charge is 0.226 e. The summed E-state index contributed by atoms with van der Waals surface area (Å²) in [5, 5.41) is 11.8. The number of carbonyl (C=O) groups excluding carboxylic acids is 1. The molecule has 2 aliphatic carbocycles. The molecule has 2 aliphatic rings. The van der Waals surface area contributed by atoms with E-state index in [2.05, 4.69) is 15.6 Å². The summed E-state index contributed by atoms with van der Waals surface area (Å²) in [6.45, 7) is 1.96. The van der Waals surface area contributed by atoms with Crippen LogP contribution in [-0.2, 0) is 11.2 Å². The van der Waals surface area contributed by atoms with Gasteiger partial charge in [0.15, 0.2) is 0 Å². The van der Waals surface area contributed by atoms with E-state index in [0.29, 0.717) is 17.9 Å². The predicted molar refractivity (Wildman–Crippen MR) is 107 cm³/mol. The highest BCUT2D eigenvalue weighted by Gasteiger charge is 2.39. The Morgan fingerprint density at radius 2 is 1.89 bits per heavy atom. The summed E-state index contributed by atoms with van der Waals surface area (Å²) in [5.74, 6) is 1.11. The zero-order chi connectivity index (χ0) is 18.1. The fourth-order valence-corrected chi connectivity index (χ4v) is 4.75. The molecule has 2 aromatic rings. The highest BCUT2D eigenvalue weighted by atomic mass is 35.5. The minimum absolute atomic E-state index is 0. The van der Waals surface area contributed by atoms with Crippen LogP contribution in [0.3, 0.4) is 0 Å². The van der Waals surface area contributed by atoms with Crippen LogP contribution in [0.1, 0.15) is 43.5 Å². The number of nitrogens with one attached hydrogen (secondary N) is 1. The molecule has 1 aromatic heterocycles. The van der Waals surface area contributed by atoms with Crippen molar-refractivity contribution in [2.75, 3.05) is 0 Å². The molecule has 1 heterocycles. The summed E-state index contributed by atoms with van der Waals surface area (Å²) in [7, 11) is 0. The van der Waals surface area contributed by atoms with Crippen LogP contribution >= 0.6 is 12.4 Å². The van der Waals surface area contributed by atoms with Gasteiger partial charge in [-0.15, -0.1) is 17.5 Å². The Hall–Kier alpha value is -1.92. The van der Waals surface area contributed by atoms with Crippen molar-refractivity contribution >= 4 is 18.3 Å². The summed E-state index contributed by atoms with van der Waals surface area (Å²) >= 11 is 0. The van der Waals surface area contributed by atoms with Gasteiger partial charge in [-0.25, -0.2) is 4.68 Å². The number of halogens is 1. The van der Waals surface area contributed by atoms with Gasteiger partial charge in [0.05, 0.1) is 23.5 Å². The molecule has 0 radical (unpaired) electrons. The van der Waals surface area contributed by atoms with E-state index in [1.165, 1.54) is 19.3 Å². The lowest BCUT2D eigenvalue weighted by molar-refractivity contribution is -0.122. The van der Waals surface area contributed by atoms with Gasteiger partial charge < -0.3 is 11.1 Å². The van der Waals surface area contributed by atoms with Gasteiger partial charge in [0, 0.05) is 12.1 Å². The summed E-state index contributed by atoms with van der Waals surface area (Å²) in [6, 6.07) is 10.4. The zero-order valence-electron chi connectivity index (χ0n) is 15.7. The Balaban J connectivity index is 0.00000210. The van der Waals surface area contributed by atoms with Gasteiger partial charge in [-0.05, 0) is 56.6 Å². The van der Waals surface area contributed by atoms with Gasteiger partial charge in [-0.2, -0.15) is 0 Å². The van der Waals surface area contributed by atoms with Crippen LogP contribution in [0.2, 0.25) is 0 Å². The van der Waals surface area contributed by atoms with Crippen LogP contribution in [0.15, 0.2) is 30.3 Å². The van der Waals surface area contributed by atoms with E-state index in [1.807, 2.05) is 37.3 Å².